The number of nitrogens with one attached hydrogen (secondary N) is 1. The van der Waals surface area contributed by atoms with Gasteiger partial charge in [-0.25, -0.2) is 4.79 Å². The number of aromatic nitrogens is 2. The molecule has 1 aromatic heterocycles. The minimum Gasteiger partial charge on any atom is -0.476 e. The molecule has 2 rings (SSSR count). The summed E-state index contributed by atoms with van der Waals surface area (Å²) in [5.41, 5.74) is 1.80. The van der Waals surface area contributed by atoms with Gasteiger partial charge in [0.15, 0.2) is 5.69 Å². The maximum Gasteiger partial charge on any atom is 0.356 e. The Hall–Kier alpha value is -2.47. The minimum atomic E-state index is -1.10. The summed E-state index contributed by atoms with van der Waals surface area (Å²) in [5.74, 6) is -0.588. The summed E-state index contributed by atoms with van der Waals surface area (Å²) in [5, 5.41) is 28.0. The Balaban J connectivity index is 1.95. The van der Waals surface area contributed by atoms with Crippen LogP contribution in [0.3, 0.4) is 0 Å². The van der Waals surface area contributed by atoms with E-state index in [0.29, 0.717) is 12.4 Å². The Bertz CT molecular complexity index is 552. The van der Waals surface area contributed by atoms with Crippen LogP contribution in [0.5, 0.6) is 0 Å². The van der Waals surface area contributed by atoms with Gasteiger partial charge in [0.25, 0.3) is 0 Å². The molecule has 0 saturated heterocycles. The summed E-state index contributed by atoms with van der Waals surface area (Å²) in [4.78, 5) is 10.6. The first-order chi connectivity index (χ1) is 9.19. The molecule has 0 aliphatic rings. The molecule has 1 aromatic carbocycles. The van der Waals surface area contributed by atoms with Crippen LogP contribution in [0.25, 0.3) is 0 Å². The number of hydrogen-bond acceptors (Lipinski definition) is 5. The van der Waals surface area contributed by atoms with E-state index in [1.165, 1.54) is 6.07 Å². The second-order valence-electron chi connectivity index (χ2n) is 3.94. The number of hydrogen-bond donors (Lipinski definition) is 3. The predicted molar refractivity (Wildman–Crippen MR) is 68.7 cm³/mol. The zero-order chi connectivity index (χ0) is 13.7. The van der Waals surface area contributed by atoms with Gasteiger partial charge in [0, 0.05) is 6.54 Å². The van der Waals surface area contributed by atoms with Crippen LogP contribution in [0.4, 0.5) is 5.82 Å². The van der Waals surface area contributed by atoms with Crippen LogP contribution in [-0.2, 0) is 13.2 Å². The van der Waals surface area contributed by atoms with Crippen LogP contribution in [0.1, 0.15) is 21.6 Å². The normalized spacial score (nSPS) is 10.2. The number of aliphatic hydroxyl groups excluding tert-OH is 1. The average Bonchev–Trinajstić information content (AvgIpc) is 2.46. The second kappa shape index (κ2) is 5.92. The fourth-order valence-electron chi connectivity index (χ4n) is 1.50. The van der Waals surface area contributed by atoms with Crippen LogP contribution in [0.15, 0.2) is 36.4 Å². The molecule has 6 heteroatoms. The molecule has 0 aliphatic heterocycles. The number of carboxylic acid groups (broad SMARTS) is 1. The lowest BCUT2D eigenvalue weighted by atomic mass is 10.1. The standard InChI is InChI=1S/C13H13N3O3/c17-8-10-3-1-9(2-4-10)7-14-12-6-5-11(13(18)19)15-16-12/h1-6,17H,7-8H2,(H,14,16)(H,18,19). The molecule has 0 atom stereocenters. The Morgan fingerprint density at radius 1 is 1.05 bits per heavy atom. The van der Waals surface area contributed by atoms with Crippen molar-refractivity contribution in [1.29, 1.82) is 0 Å². The van der Waals surface area contributed by atoms with E-state index < -0.39 is 5.97 Å². The molecule has 98 valence electrons. The van der Waals surface area contributed by atoms with E-state index >= 15 is 0 Å². The van der Waals surface area contributed by atoms with Gasteiger partial charge in [-0.15, -0.1) is 10.2 Å². The zero-order valence-corrected chi connectivity index (χ0v) is 10.1. The number of aromatic carboxylic acids is 1. The summed E-state index contributed by atoms with van der Waals surface area (Å²) >= 11 is 0. The number of carboxylic acids is 1. The van der Waals surface area contributed by atoms with E-state index in [1.54, 1.807) is 6.07 Å². The van der Waals surface area contributed by atoms with Gasteiger partial charge >= 0.3 is 5.97 Å². The van der Waals surface area contributed by atoms with E-state index in [2.05, 4.69) is 15.5 Å². The molecule has 2 aromatic rings. The van der Waals surface area contributed by atoms with Gasteiger partial charge in [-0.05, 0) is 23.3 Å². The average molecular weight is 259 g/mol. The lowest BCUT2D eigenvalue weighted by Gasteiger charge is -2.05. The van der Waals surface area contributed by atoms with Crippen LogP contribution in [-0.4, -0.2) is 26.4 Å². The fraction of sp³-hybridized carbons (Fsp3) is 0.154. The highest BCUT2D eigenvalue weighted by Crippen LogP contribution is 2.08. The second-order valence-corrected chi connectivity index (χ2v) is 3.94. The van der Waals surface area contributed by atoms with E-state index in [-0.39, 0.29) is 12.3 Å². The molecule has 0 amide bonds. The first kappa shape index (κ1) is 13.0. The van der Waals surface area contributed by atoms with Crippen molar-refractivity contribution in [2.45, 2.75) is 13.2 Å². The molecule has 0 saturated carbocycles. The highest BCUT2D eigenvalue weighted by molar-refractivity contribution is 5.85. The Kier molecular flexibility index (Phi) is 4.04. The van der Waals surface area contributed by atoms with Gasteiger partial charge in [0.05, 0.1) is 6.61 Å². The molecule has 0 fully saturated rings. The van der Waals surface area contributed by atoms with Gasteiger partial charge in [-0.3, -0.25) is 0 Å². The predicted octanol–water partition coefficient (Wildman–Crippen LogP) is 1.28. The lowest BCUT2D eigenvalue weighted by molar-refractivity contribution is 0.0689. The van der Waals surface area contributed by atoms with Crippen LogP contribution in [0.2, 0.25) is 0 Å². The molecule has 1 heterocycles. The van der Waals surface area contributed by atoms with E-state index in [4.69, 9.17) is 10.2 Å². The lowest BCUT2D eigenvalue weighted by Crippen LogP contribution is -2.06. The smallest absolute Gasteiger partial charge is 0.356 e. The molecule has 19 heavy (non-hydrogen) atoms. The van der Waals surface area contributed by atoms with Crippen molar-refractivity contribution < 1.29 is 15.0 Å². The number of aliphatic hydroxyl groups is 1. The first-order valence-corrected chi connectivity index (χ1v) is 5.68. The van der Waals surface area contributed by atoms with Gasteiger partial charge in [-0.1, -0.05) is 24.3 Å². The maximum atomic E-state index is 10.6. The highest BCUT2D eigenvalue weighted by Gasteiger charge is 2.04. The Morgan fingerprint density at radius 2 is 1.74 bits per heavy atom. The molecule has 3 N–H and O–H groups in total. The van der Waals surface area contributed by atoms with Crippen molar-refractivity contribution in [3.8, 4) is 0 Å². The molecule has 6 nitrogen and oxygen atoms in total. The number of nitrogens with zero attached hydrogens (tertiary/aromatic N) is 2. The molecule has 0 aliphatic carbocycles. The van der Waals surface area contributed by atoms with Crippen molar-refractivity contribution in [1.82, 2.24) is 10.2 Å². The maximum absolute atomic E-state index is 10.6. The molecular formula is C13H13N3O3. The molecule has 0 unspecified atom stereocenters. The summed E-state index contributed by atoms with van der Waals surface area (Å²) < 4.78 is 0. The van der Waals surface area contributed by atoms with Crippen molar-refractivity contribution in [3.05, 3.63) is 53.2 Å². The summed E-state index contributed by atoms with van der Waals surface area (Å²) in [7, 11) is 0. The topological polar surface area (TPSA) is 95.3 Å². The van der Waals surface area contributed by atoms with Crippen molar-refractivity contribution >= 4 is 11.8 Å². The molecular weight excluding hydrogens is 246 g/mol. The van der Waals surface area contributed by atoms with Crippen LogP contribution < -0.4 is 5.32 Å². The molecule has 0 radical (unpaired) electrons. The number of rotatable bonds is 5. The highest BCUT2D eigenvalue weighted by atomic mass is 16.4. The number of anilines is 1. The Morgan fingerprint density at radius 3 is 2.26 bits per heavy atom. The summed E-state index contributed by atoms with van der Waals surface area (Å²) in [6.45, 7) is 0.572. The third-order valence-electron chi connectivity index (χ3n) is 2.56. The Labute approximate surface area is 109 Å². The van der Waals surface area contributed by atoms with Crippen molar-refractivity contribution in [2.24, 2.45) is 0 Å². The first-order valence-electron chi connectivity index (χ1n) is 5.68. The minimum absolute atomic E-state index is 0.0236. The third-order valence-corrected chi connectivity index (χ3v) is 2.56. The van der Waals surface area contributed by atoms with Crippen molar-refractivity contribution in [2.75, 3.05) is 5.32 Å². The monoisotopic (exact) mass is 259 g/mol. The fourth-order valence-corrected chi connectivity index (χ4v) is 1.50. The molecule has 0 spiro atoms. The van der Waals surface area contributed by atoms with Gasteiger partial charge in [-0.2, -0.15) is 0 Å². The third kappa shape index (κ3) is 3.49. The van der Waals surface area contributed by atoms with Gasteiger partial charge in [0.2, 0.25) is 0 Å². The van der Waals surface area contributed by atoms with Crippen LogP contribution >= 0.6 is 0 Å². The SMILES string of the molecule is O=C(O)c1ccc(NCc2ccc(CO)cc2)nn1. The van der Waals surface area contributed by atoms with E-state index in [0.717, 1.165) is 11.1 Å². The van der Waals surface area contributed by atoms with Crippen LogP contribution in [0, 0.1) is 0 Å². The zero-order valence-electron chi connectivity index (χ0n) is 10.1. The molecule has 0 bridgehead atoms. The largest absolute Gasteiger partial charge is 0.476 e. The van der Waals surface area contributed by atoms with Crippen molar-refractivity contribution in [3.63, 3.8) is 0 Å². The quantitative estimate of drug-likeness (QED) is 0.748. The van der Waals surface area contributed by atoms with E-state index in [9.17, 15) is 4.79 Å². The summed E-state index contributed by atoms with van der Waals surface area (Å²) in [6.07, 6.45) is 0. The van der Waals surface area contributed by atoms with E-state index in [1.807, 2.05) is 24.3 Å². The number of benzene rings is 1. The van der Waals surface area contributed by atoms with Gasteiger partial charge in [0.1, 0.15) is 5.82 Å². The number of carbonyl (C=O) groups is 1. The summed E-state index contributed by atoms with van der Waals surface area (Å²) in [6, 6.07) is 10.5. The van der Waals surface area contributed by atoms with Gasteiger partial charge < -0.3 is 15.5 Å².